The molecule has 220 valence electrons. The van der Waals surface area contributed by atoms with E-state index in [4.69, 9.17) is 4.74 Å². The maximum Gasteiger partial charge on any atom is 0.409 e. The number of aromatic nitrogens is 4. The molecule has 3 aromatic carbocycles. The molecule has 0 aliphatic carbocycles. The summed E-state index contributed by atoms with van der Waals surface area (Å²) in [5.74, 6) is 0.124. The summed E-state index contributed by atoms with van der Waals surface area (Å²) >= 11 is 0. The lowest BCUT2D eigenvalue weighted by atomic mass is 10.0. The van der Waals surface area contributed by atoms with Gasteiger partial charge in [-0.2, -0.15) is 0 Å². The number of aliphatic hydroxyl groups is 1. The number of pyridine rings is 1. The molecule has 2 aliphatic rings. The molecule has 4 aromatic heterocycles. The van der Waals surface area contributed by atoms with Crippen LogP contribution in [-0.2, 0) is 17.8 Å². The molecule has 1 atom stereocenters. The van der Waals surface area contributed by atoms with E-state index in [-0.39, 0.29) is 25.6 Å². The standard InChI is InChI=1S/C34H30N6O4/c41-32-29-24(17-36-32)27-22-5-1-3-7-25(22)39-18-34(43,19-40-26-8-4-2-6-23(26)28(29)31(40)30(27)39)20-44-33(42)38-15-13-37(14-16-38)21-9-11-35-12-10-21/h1-12,17,36,41,43H,13-16,18-20H2. The van der Waals surface area contributed by atoms with E-state index in [1.165, 1.54) is 0 Å². The van der Waals surface area contributed by atoms with E-state index in [1.54, 1.807) is 17.3 Å². The predicted octanol–water partition coefficient (Wildman–Crippen LogP) is 5.19. The Balaban J connectivity index is 1.12. The molecule has 1 saturated heterocycles. The van der Waals surface area contributed by atoms with Gasteiger partial charge in [0.05, 0.1) is 29.5 Å². The number of anilines is 1. The predicted molar refractivity (Wildman–Crippen MR) is 170 cm³/mol. The second kappa shape index (κ2) is 9.14. The Morgan fingerprint density at radius 1 is 0.818 bits per heavy atom. The van der Waals surface area contributed by atoms with Crippen molar-refractivity contribution >= 4 is 66.2 Å². The third kappa shape index (κ3) is 3.51. The largest absolute Gasteiger partial charge is 0.494 e. The average molecular weight is 587 g/mol. The average Bonchev–Trinajstić information content (AvgIpc) is 3.67. The molecule has 10 nitrogen and oxygen atoms in total. The Morgan fingerprint density at radius 2 is 1.43 bits per heavy atom. The van der Waals surface area contributed by atoms with Crippen LogP contribution in [0, 0.1) is 0 Å². The number of rotatable bonds is 3. The Kier molecular flexibility index (Phi) is 5.25. The number of benzene rings is 3. The summed E-state index contributed by atoms with van der Waals surface area (Å²) in [6, 6.07) is 20.2. The SMILES string of the molecule is O=C(OCC1(O)Cn2c3ccccc3c3c4c[nH]c(O)c4c4c5ccccc5n(c4c32)C1)N1CCN(c2ccncc2)CC1. The molecule has 3 N–H and O–H groups in total. The van der Waals surface area contributed by atoms with Gasteiger partial charge in [0, 0.05) is 88.4 Å². The smallest absolute Gasteiger partial charge is 0.409 e. The van der Waals surface area contributed by atoms with Crippen LogP contribution in [0.25, 0.3) is 54.4 Å². The van der Waals surface area contributed by atoms with Gasteiger partial charge >= 0.3 is 6.09 Å². The number of aromatic hydroxyl groups is 1. The van der Waals surface area contributed by atoms with E-state index in [0.717, 1.165) is 60.1 Å². The maximum atomic E-state index is 13.3. The highest BCUT2D eigenvalue weighted by atomic mass is 16.6. The van der Waals surface area contributed by atoms with Gasteiger partial charge in [-0.05, 0) is 24.3 Å². The van der Waals surface area contributed by atoms with Crippen molar-refractivity contribution in [1.29, 1.82) is 0 Å². The van der Waals surface area contributed by atoms with Gasteiger partial charge in [-0.15, -0.1) is 0 Å². The third-order valence-electron chi connectivity index (χ3n) is 9.48. The highest BCUT2D eigenvalue weighted by Gasteiger charge is 2.38. The van der Waals surface area contributed by atoms with Crippen LogP contribution < -0.4 is 4.90 Å². The molecule has 0 radical (unpaired) electrons. The number of hydrogen-bond donors (Lipinski definition) is 3. The Bertz CT molecular complexity index is 2260. The number of carbonyl (C=O) groups excluding carboxylic acids is 1. The number of fused-ring (bicyclic) bond motifs is 9. The summed E-state index contributed by atoms with van der Waals surface area (Å²) in [5, 5.41) is 29.1. The van der Waals surface area contributed by atoms with Crippen molar-refractivity contribution in [2.75, 3.05) is 37.7 Å². The Morgan fingerprint density at radius 3 is 2.11 bits per heavy atom. The molecule has 1 fully saturated rings. The van der Waals surface area contributed by atoms with Crippen molar-refractivity contribution in [3.63, 3.8) is 0 Å². The summed E-state index contributed by atoms with van der Waals surface area (Å²) in [4.78, 5) is 24.4. The number of carbonyl (C=O) groups is 1. The summed E-state index contributed by atoms with van der Waals surface area (Å²) in [7, 11) is 0. The summed E-state index contributed by atoms with van der Waals surface area (Å²) in [6.45, 7) is 2.77. The lowest BCUT2D eigenvalue weighted by molar-refractivity contribution is -0.0485. The molecule has 1 unspecified atom stereocenters. The molecule has 7 aromatic rings. The van der Waals surface area contributed by atoms with Gasteiger partial charge in [-0.3, -0.25) is 4.98 Å². The minimum absolute atomic E-state index is 0.124. The number of amides is 1. The van der Waals surface area contributed by atoms with Crippen LogP contribution in [-0.4, -0.2) is 78.7 Å². The molecule has 2 aliphatic heterocycles. The number of nitrogens with zero attached hydrogens (tertiary/aromatic N) is 5. The van der Waals surface area contributed by atoms with E-state index in [2.05, 4.69) is 42.2 Å². The normalized spacial score (nSPS) is 18.8. The van der Waals surface area contributed by atoms with Crippen LogP contribution in [0.4, 0.5) is 10.5 Å². The van der Waals surface area contributed by atoms with Crippen LogP contribution in [0.5, 0.6) is 5.88 Å². The number of H-pyrrole nitrogens is 1. The molecule has 0 bridgehead atoms. The van der Waals surface area contributed by atoms with E-state index in [1.807, 2.05) is 48.7 Å². The van der Waals surface area contributed by atoms with Gasteiger partial charge in [-0.25, -0.2) is 4.79 Å². The van der Waals surface area contributed by atoms with Crippen LogP contribution in [0.15, 0.2) is 79.3 Å². The summed E-state index contributed by atoms with van der Waals surface area (Å²) in [6.07, 6.45) is 5.00. The first-order valence-electron chi connectivity index (χ1n) is 14.9. The van der Waals surface area contributed by atoms with E-state index >= 15 is 0 Å². The lowest BCUT2D eigenvalue weighted by Crippen LogP contribution is -2.50. The fourth-order valence-corrected chi connectivity index (χ4v) is 7.54. The summed E-state index contributed by atoms with van der Waals surface area (Å²) in [5.41, 5.74) is 3.57. The number of hydrogen-bond acceptors (Lipinski definition) is 6. The third-order valence-corrected chi connectivity index (χ3v) is 9.48. The fourth-order valence-electron chi connectivity index (χ4n) is 7.54. The van der Waals surface area contributed by atoms with E-state index in [9.17, 15) is 15.0 Å². The molecular weight excluding hydrogens is 556 g/mol. The van der Waals surface area contributed by atoms with Crippen molar-refractivity contribution in [1.82, 2.24) is 24.0 Å². The molecule has 6 heterocycles. The van der Waals surface area contributed by atoms with Gasteiger partial charge in [0.1, 0.15) is 12.2 Å². The van der Waals surface area contributed by atoms with Gasteiger partial charge < -0.3 is 38.9 Å². The molecule has 9 rings (SSSR count). The molecule has 0 spiro atoms. The zero-order chi connectivity index (χ0) is 29.6. The fraction of sp³-hybridized carbons (Fsp3) is 0.235. The van der Waals surface area contributed by atoms with Crippen LogP contribution in [0.3, 0.4) is 0 Å². The molecule has 10 heteroatoms. The van der Waals surface area contributed by atoms with Crippen molar-refractivity contribution < 1.29 is 19.7 Å². The number of para-hydroxylation sites is 2. The van der Waals surface area contributed by atoms with E-state index in [0.29, 0.717) is 26.2 Å². The highest BCUT2D eigenvalue weighted by Crippen LogP contribution is 2.48. The Hall–Kier alpha value is -5.22. The quantitative estimate of drug-likeness (QED) is 0.263. The first-order chi connectivity index (χ1) is 21.5. The van der Waals surface area contributed by atoms with Crippen molar-refractivity contribution in [3.05, 3.63) is 79.3 Å². The zero-order valence-electron chi connectivity index (χ0n) is 23.9. The number of ether oxygens (including phenoxy) is 1. The second-order valence-electron chi connectivity index (χ2n) is 12.0. The van der Waals surface area contributed by atoms with Crippen LogP contribution >= 0.6 is 0 Å². The molecule has 1 amide bonds. The number of piperazine rings is 1. The Labute approximate surface area is 251 Å². The molecule has 44 heavy (non-hydrogen) atoms. The van der Waals surface area contributed by atoms with Gasteiger partial charge in [0.15, 0.2) is 5.88 Å². The first kappa shape index (κ1) is 25.3. The zero-order valence-corrected chi connectivity index (χ0v) is 23.9. The monoisotopic (exact) mass is 586 g/mol. The molecular formula is C34H30N6O4. The van der Waals surface area contributed by atoms with Crippen LogP contribution in [0.2, 0.25) is 0 Å². The minimum Gasteiger partial charge on any atom is -0.494 e. The first-order valence-corrected chi connectivity index (χ1v) is 14.9. The second-order valence-corrected chi connectivity index (χ2v) is 12.0. The maximum absolute atomic E-state index is 13.3. The van der Waals surface area contributed by atoms with Gasteiger partial charge in [0.2, 0.25) is 0 Å². The van der Waals surface area contributed by atoms with Gasteiger partial charge in [0.25, 0.3) is 0 Å². The molecule has 0 saturated carbocycles. The van der Waals surface area contributed by atoms with Crippen LogP contribution in [0.1, 0.15) is 0 Å². The van der Waals surface area contributed by atoms with Crippen molar-refractivity contribution in [2.24, 2.45) is 0 Å². The minimum atomic E-state index is -1.39. The topological polar surface area (TPSA) is 112 Å². The van der Waals surface area contributed by atoms with Gasteiger partial charge in [-0.1, -0.05) is 36.4 Å². The lowest BCUT2D eigenvalue weighted by Gasteiger charge is -2.36. The van der Waals surface area contributed by atoms with E-state index < -0.39 is 11.7 Å². The number of nitrogens with one attached hydrogen (secondary N) is 1. The van der Waals surface area contributed by atoms with Crippen molar-refractivity contribution in [2.45, 2.75) is 18.7 Å². The van der Waals surface area contributed by atoms with Crippen molar-refractivity contribution in [3.8, 4) is 5.88 Å². The number of aromatic amines is 1. The highest BCUT2D eigenvalue weighted by molar-refractivity contribution is 6.36. The summed E-state index contributed by atoms with van der Waals surface area (Å²) < 4.78 is 10.2.